The third-order valence-corrected chi connectivity index (χ3v) is 2.23. The lowest BCUT2D eigenvalue weighted by Crippen LogP contribution is -2.01. The van der Waals surface area contributed by atoms with E-state index in [1.165, 1.54) is 0 Å². The van der Waals surface area contributed by atoms with Gasteiger partial charge in [0.1, 0.15) is 5.75 Å². The Bertz CT molecular complexity index is 374. The van der Waals surface area contributed by atoms with Gasteiger partial charge in [0.25, 0.3) is 0 Å². The minimum absolute atomic E-state index is 0.360. The summed E-state index contributed by atoms with van der Waals surface area (Å²) in [5.74, 6) is 7.70. The largest absolute Gasteiger partial charge is 0.494 e. The van der Waals surface area contributed by atoms with Gasteiger partial charge < -0.3 is 4.74 Å². The summed E-state index contributed by atoms with van der Waals surface area (Å²) in [7, 11) is 0. The second kappa shape index (κ2) is 7.19. The zero-order valence-electron chi connectivity index (χ0n) is 9.79. The Morgan fingerprint density at radius 2 is 2.19 bits per heavy atom. The van der Waals surface area contributed by atoms with Crippen molar-refractivity contribution in [3.63, 3.8) is 0 Å². The molecule has 0 aliphatic heterocycles. The van der Waals surface area contributed by atoms with Crippen molar-refractivity contribution < 1.29 is 4.74 Å². The lowest BCUT2D eigenvalue weighted by molar-refractivity contribution is 0.289. The Labute approximate surface area is 103 Å². The lowest BCUT2D eigenvalue weighted by Gasteiger charge is -2.07. The molecular weight excluding hydrogens is 220 g/mol. The molecule has 86 valence electrons. The molecule has 2 heteroatoms. The molecule has 0 aliphatic carbocycles. The molecule has 0 amide bonds. The quantitative estimate of drug-likeness (QED) is 0.572. The van der Waals surface area contributed by atoms with Crippen LogP contribution in [0.2, 0.25) is 0 Å². The van der Waals surface area contributed by atoms with E-state index >= 15 is 0 Å². The Balaban J connectivity index is 2.54. The maximum absolute atomic E-state index is 5.64. The van der Waals surface area contributed by atoms with Gasteiger partial charge in [-0.25, -0.2) is 0 Å². The van der Waals surface area contributed by atoms with Crippen LogP contribution in [0.3, 0.4) is 0 Å². The maximum atomic E-state index is 5.64. The molecule has 0 bridgehead atoms. The smallest absolute Gasteiger partial charge is 0.120 e. The summed E-state index contributed by atoms with van der Waals surface area (Å²) in [5.41, 5.74) is 0.947. The third kappa shape index (κ3) is 5.09. The van der Waals surface area contributed by atoms with Crippen LogP contribution in [0.15, 0.2) is 24.3 Å². The second-order valence-electron chi connectivity index (χ2n) is 3.99. The molecule has 0 atom stereocenters. The molecule has 0 aliphatic rings. The van der Waals surface area contributed by atoms with Gasteiger partial charge >= 0.3 is 0 Å². The van der Waals surface area contributed by atoms with Crippen LogP contribution in [-0.2, 0) is 0 Å². The molecule has 16 heavy (non-hydrogen) atoms. The van der Waals surface area contributed by atoms with Gasteiger partial charge in [-0.05, 0) is 30.5 Å². The van der Waals surface area contributed by atoms with Crippen LogP contribution in [-0.4, -0.2) is 12.5 Å². The summed E-state index contributed by atoms with van der Waals surface area (Å²) in [6.07, 6.45) is 1.07. The van der Waals surface area contributed by atoms with Gasteiger partial charge in [0, 0.05) is 5.56 Å². The summed E-state index contributed by atoms with van der Waals surface area (Å²) < 4.78 is 5.64. The number of ether oxygens (including phenoxy) is 1. The monoisotopic (exact) mass is 236 g/mol. The Morgan fingerprint density at radius 1 is 1.38 bits per heavy atom. The fraction of sp³-hybridized carbons (Fsp3) is 0.429. The SMILES string of the molecule is CC(C)CCOc1cccc(C#CCCl)c1. The molecule has 0 aromatic heterocycles. The number of alkyl halides is 1. The van der Waals surface area contributed by atoms with Crippen LogP contribution >= 0.6 is 11.6 Å². The molecule has 0 unspecified atom stereocenters. The van der Waals surface area contributed by atoms with Gasteiger partial charge in [-0.2, -0.15) is 0 Å². The van der Waals surface area contributed by atoms with E-state index in [2.05, 4.69) is 25.7 Å². The van der Waals surface area contributed by atoms with Gasteiger partial charge in [-0.15, -0.1) is 11.6 Å². The molecule has 0 saturated heterocycles. The van der Waals surface area contributed by atoms with E-state index in [0.717, 1.165) is 24.3 Å². The van der Waals surface area contributed by atoms with Crippen molar-refractivity contribution in [2.75, 3.05) is 12.5 Å². The van der Waals surface area contributed by atoms with Crippen LogP contribution in [0.25, 0.3) is 0 Å². The van der Waals surface area contributed by atoms with E-state index in [9.17, 15) is 0 Å². The third-order valence-electron chi connectivity index (χ3n) is 2.10. The summed E-state index contributed by atoms with van der Waals surface area (Å²) in [5, 5.41) is 0. The van der Waals surface area contributed by atoms with Crippen molar-refractivity contribution in [1.82, 2.24) is 0 Å². The molecule has 0 N–H and O–H groups in total. The highest BCUT2D eigenvalue weighted by molar-refractivity contribution is 6.19. The molecule has 0 heterocycles. The number of benzene rings is 1. The van der Waals surface area contributed by atoms with Gasteiger partial charge in [0.15, 0.2) is 0 Å². The number of halogens is 1. The summed E-state index contributed by atoms with van der Waals surface area (Å²) in [6.45, 7) is 5.13. The van der Waals surface area contributed by atoms with E-state index in [1.54, 1.807) is 0 Å². The topological polar surface area (TPSA) is 9.23 Å². The first-order valence-corrected chi connectivity index (χ1v) is 6.03. The van der Waals surface area contributed by atoms with Crippen LogP contribution in [0.4, 0.5) is 0 Å². The van der Waals surface area contributed by atoms with Crippen LogP contribution in [0.1, 0.15) is 25.8 Å². The zero-order chi connectivity index (χ0) is 11.8. The van der Waals surface area contributed by atoms with E-state index < -0.39 is 0 Å². The predicted octanol–water partition coefficient (Wildman–Crippen LogP) is 3.70. The molecule has 1 nitrogen and oxygen atoms in total. The normalized spacial score (nSPS) is 9.75. The standard InChI is InChI=1S/C14H17ClO/c1-12(2)8-10-16-14-7-3-5-13(11-14)6-4-9-15/h3,5,7,11-12H,8-10H2,1-2H3. The lowest BCUT2D eigenvalue weighted by atomic mass is 10.1. The van der Waals surface area contributed by atoms with Crippen LogP contribution in [0.5, 0.6) is 5.75 Å². The van der Waals surface area contributed by atoms with Gasteiger partial charge in [0.05, 0.1) is 12.5 Å². The molecule has 0 saturated carbocycles. The Hall–Kier alpha value is -1.13. The fourth-order valence-corrected chi connectivity index (χ4v) is 1.28. The Morgan fingerprint density at radius 3 is 2.88 bits per heavy atom. The summed E-state index contributed by atoms with van der Waals surface area (Å²) in [4.78, 5) is 0. The fourth-order valence-electron chi connectivity index (χ4n) is 1.21. The molecule has 1 rings (SSSR count). The number of hydrogen-bond donors (Lipinski definition) is 0. The minimum Gasteiger partial charge on any atom is -0.494 e. The first-order chi connectivity index (χ1) is 7.72. The highest BCUT2D eigenvalue weighted by atomic mass is 35.5. The second-order valence-corrected chi connectivity index (χ2v) is 4.26. The summed E-state index contributed by atoms with van der Waals surface area (Å²) >= 11 is 5.50. The molecule has 0 radical (unpaired) electrons. The van der Waals surface area contributed by atoms with Crippen LogP contribution in [0, 0.1) is 17.8 Å². The molecule has 1 aromatic rings. The van der Waals surface area contributed by atoms with Crippen molar-refractivity contribution in [1.29, 1.82) is 0 Å². The van der Waals surface area contributed by atoms with Crippen molar-refractivity contribution in [3.05, 3.63) is 29.8 Å². The van der Waals surface area contributed by atoms with E-state index in [-0.39, 0.29) is 0 Å². The van der Waals surface area contributed by atoms with Gasteiger partial charge in [0.2, 0.25) is 0 Å². The van der Waals surface area contributed by atoms with Crippen molar-refractivity contribution >= 4 is 11.6 Å². The van der Waals surface area contributed by atoms with Gasteiger partial charge in [-0.3, -0.25) is 0 Å². The number of rotatable bonds is 4. The van der Waals surface area contributed by atoms with E-state index in [1.807, 2.05) is 24.3 Å². The van der Waals surface area contributed by atoms with Crippen molar-refractivity contribution in [3.8, 4) is 17.6 Å². The maximum Gasteiger partial charge on any atom is 0.120 e. The van der Waals surface area contributed by atoms with E-state index in [4.69, 9.17) is 16.3 Å². The minimum atomic E-state index is 0.360. The highest BCUT2D eigenvalue weighted by Gasteiger charge is 1.97. The zero-order valence-corrected chi connectivity index (χ0v) is 10.6. The summed E-state index contributed by atoms with van der Waals surface area (Å²) in [6, 6.07) is 7.80. The highest BCUT2D eigenvalue weighted by Crippen LogP contribution is 2.13. The molecule has 1 aromatic carbocycles. The van der Waals surface area contributed by atoms with Crippen LogP contribution < -0.4 is 4.74 Å². The first kappa shape index (κ1) is 12.9. The van der Waals surface area contributed by atoms with Crippen molar-refractivity contribution in [2.45, 2.75) is 20.3 Å². The molecule has 0 fully saturated rings. The number of hydrogen-bond acceptors (Lipinski definition) is 1. The van der Waals surface area contributed by atoms with Gasteiger partial charge in [-0.1, -0.05) is 31.8 Å². The average Bonchev–Trinajstić information content (AvgIpc) is 2.26. The van der Waals surface area contributed by atoms with Crippen molar-refractivity contribution in [2.24, 2.45) is 5.92 Å². The first-order valence-electron chi connectivity index (χ1n) is 5.50. The molecule has 0 spiro atoms. The molecular formula is C14H17ClO. The Kier molecular flexibility index (Phi) is 5.82. The predicted molar refractivity (Wildman–Crippen MR) is 69.0 cm³/mol. The van der Waals surface area contributed by atoms with E-state index in [0.29, 0.717) is 11.8 Å². The average molecular weight is 237 g/mol.